The lowest BCUT2D eigenvalue weighted by Gasteiger charge is -2.27. The van der Waals surface area contributed by atoms with Crippen molar-refractivity contribution >= 4 is 23.6 Å². The predicted octanol–water partition coefficient (Wildman–Crippen LogP) is 1.81. The number of rotatable bonds is 3. The Hall–Kier alpha value is -1.93. The zero-order chi connectivity index (χ0) is 15.9. The van der Waals surface area contributed by atoms with Gasteiger partial charge in [-0.3, -0.25) is 9.59 Å². The van der Waals surface area contributed by atoms with Crippen LogP contribution in [0.2, 0.25) is 0 Å². The van der Waals surface area contributed by atoms with Gasteiger partial charge in [0.2, 0.25) is 5.91 Å². The van der Waals surface area contributed by atoms with Crippen molar-refractivity contribution in [3.63, 3.8) is 0 Å². The van der Waals surface area contributed by atoms with Crippen LogP contribution in [0.4, 0.5) is 0 Å². The number of thioether (sulfide) groups is 1. The van der Waals surface area contributed by atoms with E-state index in [1.54, 1.807) is 21.6 Å². The van der Waals surface area contributed by atoms with Gasteiger partial charge in [0, 0.05) is 30.3 Å². The van der Waals surface area contributed by atoms with Crippen LogP contribution in [0, 0.1) is 11.8 Å². The molecule has 1 aliphatic heterocycles. The monoisotopic (exact) mass is 316 g/mol. The number of carbonyl (C=O) groups excluding carboxylic acids is 2. The lowest BCUT2D eigenvalue weighted by molar-refractivity contribution is -0.140. The van der Waals surface area contributed by atoms with E-state index in [4.69, 9.17) is 0 Å². The van der Waals surface area contributed by atoms with Gasteiger partial charge in [0.15, 0.2) is 0 Å². The number of carbonyl (C=O) groups is 2. The van der Waals surface area contributed by atoms with Crippen LogP contribution in [0.3, 0.4) is 0 Å². The predicted molar refractivity (Wildman–Crippen MR) is 89.2 cm³/mol. The number of hydrogen-bond acceptors (Lipinski definition) is 3. The van der Waals surface area contributed by atoms with Crippen molar-refractivity contribution < 1.29 is 9.59 Å². The van der Waals surface area contributed by atoms with Crippen LogP contribution in [0.25, 0.3) is 0 Å². The maximum Gasteiger partial charge on any atom is 0.300 e. The van der Waals surface area contributed by atoms with Crippen LogP contribution >= 0.6 is 11.8 Å². The molecule has 4 nitrogen and oxygen atoms in total. The van der Waals surface area contributed by atoms with Crippen molar-refractivity contribution in [1.82, 2.24) is 9.80 Å². The van der Waals surface area contributed by atoms with Gasteiger partial charge in [0.1, 0.15) is 6.04 Å². The summed E-state index contributed by atoms with van der Waals surface area (Å²) in [5, 5.41) is 0. The first-order chi connectivity index (χ1) is 10.7. The topological polar surface area (TPSA) is 40.6 Å². The van der Waals surface area contributed by atoms with Crippen molar-refractivity contribution in [3.05, 3.63) is 35.9 Å². The number of benzene rings is 1. The summed E-state index contributed by atoms with van der Waals surface area (Å²) in [4.78, 5) is 28.1. The Labute approximate surface area is 135 Å². The molecule has 5 heteroatoms. The summed E-state index contributed by atoms with van der Waals surface area (Å²) in [5.41, 5.74) is 0.800. The van der Waals surface area contributed by atoms with Crippen LogP contribution in [0.15, 0.2) is 30.3 Å². The number of hydrogen-bond donors (Lipinski definition) is 0. The highest BCUT2D eigenvalue weighted by molar-refractivity contribution is 7.99. The van der Waals surface area contributed by atoms with Gasteiger partial charge in [-0.05, 0) is 26.0 Å². The largest absolute Gasteiger partial charge is 0.341 e. The molecule has 1 aliphatic rings. The molecule has 1 heterocycles. The Morgan fingerprint density at radius 1 is 1.27 bits per heavy atom. The van der Waals surface area contributed by atoms with E-state index >= 15 is 0 Å². The first kappa shape index (κ1) is 16.4. The summed E-state index contributed by atoms with van der Waals surface area (Å²) in [6.07, 6.45) is 0. The molecule has 0 spiro atoms. The highest BCUT2D eigenvalue weighted by Crippen LogP contribution is 2.22. The maximum absolute atomic E-state index is 12.5. The highest BCUT2D eigenvalue weighted by atomic mass is 32.2. The molecule has 0 aliphatic carbocycles. The molecular weight excluding hydrogens is 296 g/mol. The number of likely N-dealkylation sites (N-methyl/N-ethyl adjacent to an activating group) is 1. The number of nitrogens with zero attached hydrogens (tertiary/aromatic N) is 2. The fraction of sp³-hybridized carbons (Fsp3) is 0.412. The van der Waals surface area contributed by atoms with Crippen LogP contribution in [0.5, 0.6) is 0 Å². The molecule has 1 aromatic rings. The van der Waals surface area contributed by atoms with E-state index in [2.05, 4.69) is 11.8 Å². The van der Waals surface area contributed by atoms with E-state index in [0.717, 1.165) is 5.56 Å². The molecular formula is C17H20N2O2S. The lowest BCUT2D eigenvalue weighted by atomic mass is 10.2. The van der Waals surface area contributed by atoms with E-state index < -0.39 is 0 Å². The Morgan fingerprint density at radius 3 is 2.59 bits per heavy atom. The van der Waals surface area contributed by atoms with Crippen LogP contribution in [-0.2, 0) is 9.59 Å². The van der Waals surface area contributed by atoms with Crippen molar-refractivity contribution in [1.29, 1.82) is 0 Å². The summed E-state index contributed by atoms with van der Waals surface area (Å²) in [6.45, 7) is 5.22. The zero-order valence-corrected chi connectivity index (χ0v) is 13.7. The Morgan fingerprint density at radius 2 is 1.95 bits per heavy atom. The van der Waals surface area contributed by atoms with Crippen LogP contribution in [-0.4, -0.2) is 52.4 Å². The summed E-state index contributed by atoms with van der Waals surface area (Å²) in [5.74, 6) is 6.43. The summed E-state index contributed by atoms with van der Waals surface area (Å²) < 4.78 is 0. The second-order valence-corrected chi connectivity index (χ2v) is 5.92. The van der Waals surface area contributed by atoms with Crippen molar-refractivity contribution in [3.8, 4) is 11.8 Å². The van der Waals surface area contributed by atoms with Crippen LogP contribution in [0.1, 0.15) is 19.4 Å². The van der Waals surface area contributed by atoms with Gasteiger partial charge in [0.05, 0.1) is 5.88 Å². The minimum atomic E-state index is -0.387. The zero-order valence-electron chi connectivity index (χ0n) is 12.9. The van der Waals surface area contributed by atoms with Gasteiger partial charge >= 0.3 is 0 Å². The molecule has 0 radical (unpaired) electrons. The first-order valence-electron chi connectivity index (χ1n) is 7.41. The lowest BCUT2D eigenvalue weighted by Crippen LogP contribution is -2.48. The van der Waals surface area contributed by atoms with Gasteiger partial charge < -0.3 is 9.80 Å². The fourth-order valence-electron chi connectivity index (χ4n) is 2.31. The normalized spacial score (nSPS) is 16.8. The van der Waals surface area contributed by atoms with Crippen molar-refractivity contribution in [2.45, 2.75) is 19.9 Å². The molecule has 22 heavy (non-hydrogen) atoms. The fourth-order valence-corrected chi connectivity index (χ4v) is 3.46. The van der Waals surface area contributed by atoms with Crippen LogP contribution < -0.4 is 0 Å². The highest BCUT2D eigenvalue weighted by Gasteiger charge is 2.35. The standard InChI is InChI=1S/C17H20N2O2S/c1-3-18(4-2)17(21)15-12-22-13-19(15)16(20)11-10-14-8-6-5-7-9-14/h5-9,15H,3-4,12-13H2,1-2H3. The Kier molecular flexibility index (Phi) is 5.91. The molecule has 1 atom stereocenters. The van der Waals surface area contributed by atoms with Gasteiger partial charge in [-0.25, -0.2) is 0 Å². The molecule has 0 saturated carbocycles. The molecule has 1 fully saturated rings. The third-order valence-electron chi connectivity index (χ3n) is 3.59. The molecule has 1 unspecified atom stereocenters. The quantitative estimate of drug-likeness (QED) is 0.799. The number of amides is 2. The van der Waals surface area contributed by atoms with Gasteiger partial charge in [-0.15, -0.1) is 11.8 Å². The summed E-state index contributed by atoms with van der Waals surface area (Å²) in [7, 11) is 0. The smallest absolute Gasteiger partial charge is 0.300 e. The van der Waals surface area contributed by atoms with Gasteiger partial charge in [-0.2, -0.15) is 0 Å². The average Bonchev–Trinajstić information content (AvgIpc) is 3.04. The first-order valence-corrected chi connectivity index (χ1v) is 8.57. The molecule has 0 bridgehead atoms. The van der Waals surface area contributed by atoms with Crippen molar-refractivity contribution in [2.75, 3.05) is 24.7 Å². The minimum Gasteiger partial charge on any atom is -0.341 e. The van der Waals surface area contributed by atoms with Crippen molar-refractivity contribution in [2.24, 2.45) is 0 Å². The van der Waals surface area contributed by atoms with Gasteiger partial charge in [0.25, 0.3) is 5.91 Å². The Balaban J connectivity index is 2.09. The molecule has 1 aromatic carbocycles. The molecule has 0 N–H and O–H groups in total. The third-order valence-corrected chi connectivity index (χ3v) is 4.60. The molecule has 116 valence electrons. The molecule has 2 rings (SSSR count). The van der Waals surface area contributed by atoms with E-state index in [1.807, 2.05) is 44.2 Å². The molecule has 1 saturated heterocycles. The van der Waals surface area contributed by atoms with E-state index in [9.17, 15) is 9.59 Å². The Bertz CT molecular complexity index is 588. The SMILES string of the molecule is CCN(CC)C(=O)C1CSCN1C(=O)C#Cc1ccccc1. The average molecular weight is 316 g/mol. The second-order valence-electron chi connectivity index (χ2n) is 4.92. The summed E-state index contributed by atoms with van der Waals surface area (Å²) in [6, 6.07) is 9.00. The second kappa shape index (κ2) is 7.90. The molecule has 2 amide bonds. The third kappa shape index (κ3) is 3.83. The van der Waals surface area contributed by atoms with Gasteiger partial charge in [-0.1, -0.05) is 24.1 Å². The maximum atomic E-state index is 12.5. The van der Waals surface area contributed by atoms with E-state index in [1.165, 1.54) is 0 Å². The minimum absolute atomic E-state index is 0.0184. The summed E-state index contributed by atoms with van der Waals surface area (Å²) >= 11 is 1.60. The van der Waals surface area contributed by atoms with E-state index in [-0.39, 0.29) is 17.9 Å². The van der Waals surface area contributed by atoms with E-state index in [0.29, 0.717) is 24.7 Å². The molecule has 0 aromatic heterocycles.